The lowest BCUT2D eigenvalue weighted by Gasteiger charge is -2.15. The molecule has 1 atom stereocenters. The molecule has 0 unspecified atom stereocenters. The highest BCUT2D eigenvalue weighted by Gasteiger charge is 2.21. The number of carbonyl (C=O) groups is 2. The van der Waals surface area contributed by atoms with Crippen molar-refractivity contribution in [3.8, 4) is 0 Å². The van der Waals surface area contributed by atoms with Gasteiger partial charge in [0.05, 0.1) is 11.3 Å². The van der Waals surface area contributed by atoms with E-state index < -0.39 is 29.6 Å². The van der Waals surface area contributed by atoms with Gasteiger partial charge in [-0.1, -0.05) is 12.1 Å². The van der Waals surface area contributed by atoms with Crippen LogP contribution in [0.15, 0.2) is 36.4 Å². The van der Waals surface area contributed by atoms with Crippen LogP contribution >= 0.6 is 0 Å². The molecule has 0 spiro atoms. The quantitative estimate of drug-likeness (QED) is 0.665. The van der Waals surface area contributed by atoms with E-state index in [0.717, 1.165) is 18.2 Å². The lowest BCUT2D eigenvalue weighted by Crippen LogP contribution is -2.30. The lowest BCUT2D eigenvalue weighted by atomic mass is 10.1. The summed E-state index contributed by atoms with van der Waals surface area (Å²) in [6, 6.07) is 7.48. The maximum atomic E-state index is 13.5. The molecule has 0 radical (unpaired) electrons. The minimum Gasteiger partial charge on any atom is -0.449 e. The van der Waals surface area contributed by atoms with Crippen molar-refractivity contribution < 1.29 is 23.1 Å². The van der Waals surface area contributed by atoms with E-state index in [1.165, 1.54) is 13.0 Å². The minimum atomic E-state index is -1.22. The molecule has 0 fully saturated rings. The van der Waals surface area contributed by atoms with Crippen LogP contribution in [0.1, 0.15) is 22.8 Å². The molecule has 0 aromatic heterocycles. The van der Waals surface area contributed by atoms with E-state index in [0.29, 0.717) is 5.56 Å². The van der Waals surface area contributed by atoms with Crippen LogP contribution in [0.2, 0.25) is 0 Å². The van der Waals surface area contributed by atoms with Gasteiger partial charge in [-0.25, -0.2) is 13.6 Å². The number of halogens is 2. The molecule has 1 amide bonds. The number of nitrogens with two attached hydrogens (primary N) is 1. The van der Waals surface area contributed by atoms with Gasteiger partial charge in [0.2, 0.25) is 0 Å². The molecular weight excluding hydrogens is 318 g/mol. The van der Waals surface area contributed by atoms with Gasteiger partial charge < -0.3 is 15.8 Å². The predicted octanol–water partition coefficient (Wildman–Crippen LogP) is 3.04. The second-order valence-electron chi connectivity index (χ2n) is 5.20. The molecule has 2 rings (SSSR count). The Morgan fingerprint density at radius 3 is 2.62 bits per heavy atom. The molecule has 0 aliphatic carbocycles. The average molecular weight is 334 g/mol. The molecule has 0 saturated heterocycles. The van der Waals surface area contributed by atoms with Crippen LogP contribution in [0.25, 0.3) is 0 Å². The number of hydrogen-bond acceptors (Lipinski definition) is 4. The Morgan fingerprint density at radius 1 is 1.21 bits per heavy atom. The summed E-state index contributed by atoms with van der Waals surface area (Å²) in [7, 11) is 0. The van der Waals surface area contributed by atoms with Crippen molar-refractivity contribution in [2.45, 2.75) is 20.0 Å². The number of nitrogens with one attached hydrogen (secondary N) is 1. The highest BCUT2D eigenvalue weighted by Crippen LogP contribution is 2.19. The number of hydrogen-bond donors (Lipinski definition) is 2. The first-order valence-corrected chi connectivity index (χ1v) is 7.11. The first-order valence-electron chi connectivity index (χ1n) is 7.11. The summed E-state index contributed by atoms with van der Waals surface area (Å²) in [5, 5.41) is 2.17. The van der Waals surface area contributed by atoms with Crippen LogP contribution < -0.4 is 11.1 Å². The maximum absolute atomic E-state index is 13.5. The maximum Gasteiger partial charge on any atom is 0.341 e. The Labute approximate surface area is 137 Å². The summed E-state index contributed by atoms with van der Waals surface area (Å²) in [6.07, 6.45) is -1.22. The summed E-state index contributed by atoms with van der Waals surface area (Å²) in [6.45, 7) is 3.05. The first-order chi connectivity index (χ1) is 11.3. The van der Waals surface area contributed by atoms with Crippen LogP contribution in [0.4, 0.5) is 20.2 Å². The number of benzene rings is 2. The number of para-hydroxylation sites is 1. The number of esters is 1. The van der Waals surface area contributed by atoms with Gasteiger partial charge in [-0.3, -0.25) is 4.79 Å². The summed E-state index contributed by atoms with van der Waals surface area (Å²) >= 11 is 0. The zero-order valence-electron chi connectivity index (χ0n) is 13.1. The number of carbonyl (C=O) groups excluding carboxylic acids is 2. The third-order valence-electron chi connectivity index (χ3n) is 3.38. The van der Waals surface area contributed by atoms with E-state index >= 15 is 0 Å². The molecule has 24 heavy (non-hydrogen) atoms. The highest BCUT2D eigenvalue weighted by molar-refractivity contribution is 5.99. The summed E-state index contributed by atoms with van der Waals surface area (Å²) in [5.74, 6) is -3.08. The Kier molecular flexibility index (Phi) is 5.13. The summed E-state index contributed by atoms with van der Waals surface area (Å²) in [5.41, 5.74) is 6.55. The Morgan fingerprint density at radius 2 is 1.92 bits per heavy atom. The Bertz CT molecular complexity index is 793. The van der Waals surface area contributed by atoms with Crippen LogP contribution in [-0.2, 0) is 9.53 Å². The van der Waals surface area contributed by atoms with Gasteiger partial charge in [0.25, 0.3) is 5.91 Å². The molecule has 126 valence electrons. The fraction of sp³-hybridized carbons (Fsp3) is 0.176. The Balaban J connectivity index is 2.07. The monoisotopic (exact) mass is 334 g/mol. The zero-order valence-corrected chi connectivity index (χ0v) is 13.1. The van der Waals surface area contributed by atoms with E-state index in [1.54, 1.807) is 19.1 Å². The van der Waals surface area contributed by atoms with Crippen molar-refractivity contribution in [2.24, 2.45) is 0 Å². The van der Waals surface area contributed by atoms with Gasteiger partial charge >= 0.3 is 5.97 Å². The summed E-state index contributed by atoms with van der Waals surface area (Å²) in [4.78, 5) is 24.1. The number of nitrogen functional groups attached to an aromatic ring is 1. The van der Waals surface area contributed by atoms with Crippen LogP contribution in [0.3, 0.4) is 0 Å². The van der Waals surface area contributed by atoms with Crippen molar-refractivity contribution in [2.75, 3.05) is 11.1 Å². The van der Waals surface area contributed by atoms with Crippen molar-refractivity contribution in [3.63, 3.8) is 0 Å². The largest absolute Gasteiger partial charge is 0.449 e. The minimum absolute atomic E-state index is 0.131. The van der Waals surface area contributed by atoms with E-state index in [2.05, 4.69) is 5.32 Å². The zero-order chi connectivity index (χ0) is 17.9. The van der Waals surface area contributed by atoms with Crippen molar-refractivity contribution in [1.82, 2.24) is 0 Å². The number of anilines is 2. The molecule has 0 saturated carbocycles. The fourth-order valence-corrected chi connectivity index (χ4v) is 1.96. The molecular formula is C17H16F2N2O3. The smallest absolute Gasteiger partial charge is 0.341 e. The van der Waals surface area contributed by atoms with Gasteiger partial charge in [-0.05, 0) is 37.6 Å². The second-order valence-corrected chi connectivity index (χ2v) is 5.20. The van der Waals surface area contributed by atoms with Gasteiger partial charge in [-0.2, -0.15) is 0 Å². The fourth-order valence-electron chi connectivity index (χ4n) is 1.96. The predicted molar refractivity (Wildman–Crippen MR) is 85.5 cm³/mol. The van der Waals surface area contributed by atoms with Gasteiger partial charge in [0.15, 0.2) is 6.10 Å². The molecule has 0 heterocycles. The first kappa shape index (κ1) is 17.4. The SMILES string of the molecule is Cc1cccc(C(=O)O[C@H](C)C(=O)Nc2cc(F)ccc2F)c1N. The molecule has 0 aliphatic heterocycles. The summed E-state index contributed by atoms with van der Waals surface area (Å²) < 4.78 is 31.6. The molecule has 3 N–H and O–H groups in total. The third-order valence-corrected chi connectivity index (χ3v) is 3.38. The molecule has 7 heteroatoms. The lowest BCUT2D eigenvalue weighted by molar-refractivity contribution is -0.123. The van der Waals surface area contributed by atoms with E-state index in [4.69, 9.17) is 10.5 Å². The molecule has 2 aromatic carbocycles. The van der Waals surface area contributed by atoms with Crippen LogP contribution in [0.5, 0.6) is 0 Å². The number of rotatable bonds is 4. The highest BCUT2D eigenvalue weighted by atomic mass is 19.1. The van der Waals surface area contributed by atoms with Crippen LogP contribution in [-0.4, -0.2) is 18.0 Å². The average Bonchev–Trinajstić information content (AvgIpc) is 2.53. The van der Waals surface area contributed by atoms with Crippen molar-refractivity contribution >= 4 is 23.3 Å². The number of ether oxygens (including phenoxy) is 1. The van der Waals surface area contributed by atoms with E-state index in [9.17, 15) is 18.4 Å². The molecule has 5 nitrogen and oxygen atoms in total. The van der Waals surface area contributed by atoms with Crippen molar-refractivity contribution in [1.29, 1.82) is 0 Å². The van der Waals surface area contributed by atoms with E-state index in [1.807, 2.05) is 0 Å². The van der Waals surface area contributed by atoms with E-state index in [-0.39, 0.29) is 16.9 Å². The molecule has 0 bridgehead atoms. The normalized spacial score (nSPS) is 11.7. The van der Waals surface area contributed by atoms with Crippen LogP contribution in [0, 0.1) is 18.6 Å². The second kappa shape index (κ2) is 7.08. The standard InChI is InChI=1S/C17H16F2N2O3/c1-9-4-3-5-12(15(9)20)17(23)24-10(2)16(22)21-14-8-11(18)6-7-13(14)19/h3-8,10H,20H2,1-2H3,(H,21,22)/t10-/m1/s1. The van der Waals surface area contributed by atoms with Gasteiger partial charge in [-0.15, -0.1) is 0 Å². The van der Waals surface area contributed by atoms with Gasteiger partial charge in [0.1, 0.15) is 11.6 Å². The topological polar surface area (TPSA) is 81.4 Å². The van der Waals surface area contributed by atoms with Crippen molar-refractivity contribution in [3.05, 3.63) is 59.2 Å². The Hall–Kier alpha value is -2.96. The number of amides is 1. The molecule has 2 aromatic rings. The molecule has 0 aliphatic rings. The van der Waals surface area contributed by atoms with Gasteiger partial charge in [0, 0.05) is 11.8 Å². The third kappa shape index (κ3) is 3.87. The number of aryl methyl sites for hydroxylation is 1.